The van der Waals surface area contributed by atoms with Crippen LogP contribution in [0.25, 0.3) is 0 Å². The number of rotatable bonds is 1. The molecule has 0 saturated carbocycles. The van der Waals surface area contributed by atoms with Crippen LogP contribution in [-0.2, 0) is 4.74 Å². The first kappa shape index (κ1) is 12.3. The van der Waals surface area contributed by atoms with Gasteiger partial charge in [0, 0.05) is 6.54 Å². The van der Waals surface area contributed by atoms with Crippen LogP contribution in [0.2, 0.25) is 0 Å². The van der Waals surface area contributed by atoms with Crippen molar-refractivity contribution < 1.29 is 13.9 Å². The van der Waals surface area contributed by atoms with Crippen LogP contribution in [0.4, 0.5) is 9.18 Å². The number of halogens is 1. The molecule has 1 aliphatic rings. The SMILES string of the molecule is C[C@@H](F)C1CCCN1C(=O)OC(C)(C)C. The van der Waals surface area contributed by atoms with Gasteiger partial charge in [-0.15, -0.1) is 0 Å². The Balaban J connectivity index is 2.59. The van der Waals surface area contributed by atoms with Gasteiger partial charge in [-0.05, 0) is 40.5 Å². The van der Waals surface area contributed by atoms with Gasteiger partial charge >= 0.3 is 6.09 Å². The lowest BCUT2D eigenvalue weighted by Crippen LogP contribution is -2.43. The fraction of sp³-hybridized carbons (Fsp3) is 0.909. The predicted octanol–water partition coefficient (Wildman–Crippen LogP) is 2.74. The van der Waals surface area contributed by atoms with Crippen LogP contribution < -0.4 is 0 Å². The van der Waals surface area contributed by atoms with Crippen molar-refractivity contribution in [2.24, 2.45) is 0 Å². The van der Waals surface area contributed by atoms with Crippen LogP contribution in [-0.4, -0.2) is 35.4 Å². The predicted molar refractivity (Wildman–Crippen MR) is 56.5 cm³/mol. The summed E-state index contributed by atoms with van der Waals surface area (Å²) in [5.41, 5.74) is -0.510. The first-order chi connectivity index (χ1) is 6.81. The summed E-state index contributed by atoms with van der Waals surface area (Å²) < 4.78 is 18.4. The molecular weight excluding hydrogens is 197 g/mol. The quantitative estimate of drug-likeness (QED) is 0.676. The Morgan fingerprint density at radius 3 is 2.60 bits per heavy atom. The van der Waals surface area contributed by atoms with Gasteiger partial charge in [0.15, 0.2) is 0 Å². The molecule has 0 bridgehead atoms. The van der Waals surface area contributed by atoms with Gasteiger partial charge in [-0.2, -0.15) is 0 Å². The Morgan fingerprint density at radius 1 is 1.53 bits per heavy atom. The van der Waals surface area contributed by atoms with E-state index in [1.54, 1.807) is 0 Å². The summed E-state index contributed by atoms with van der Waals surface area (Å²) in [6.07, 6.45) is 0.212. The minimum atomic E-state index is -0.986. The molecule has 1 unspecified atom stereocenters. The van der Waals surface area contributed by atoms with Crippen molar-refractivity contribution in [3.05, 3.63) is 0 Å². The summed E-state index contributed by atoms with van der Waals surface area (Å²) >= 11 is 0. The molecule has 1 rings (SSSR count). The number of hydrogen-bond donors (Lipinski definition) is 0. The molecule has 1 aliphatic heterocycles. The van der Waals surface area contributed by atoms with E-state index in [0.29, 0.717) is 6.54 Å². The molecular formula is C11H20FNO2. The van der Waals surface area contributed by atoms with E-state index in [-0.39, 0.29) is 6.04 Å². The number of ether oxygens (including phenoxy) is 1. The smallest absolute Gasteiger partial charge is 0.410 e. The van der Waals surface area contributed by atoms with Gasteiger partial charge in [0.1, 0.15) is 11.8 Å². The van der Waals surface area contributed by atoms with E-state index in [4.69, 9.17) is 4.74 Å². The van der Waals surface area contributed by atoms with E-state index in [1.165, 1.54) is 11.8 Å². The van der Waals surface area contributed by atoms with Crippen LogP contribution in [0.15, 0.2) is 0 Å². The van der Waals surface area contributed by atoms with Crippen LogP contribution in [0.3, 0.4) is 0 Å². The third-order valence-corrected chi connectivity index (χ3v) is 2.46. The molecule has 0 aromatic heterocycles. The third-order valence-electron chi connectivity index (χ3n) is 2.46. The zero-order valence-electron chi connectivity index (χ0n) is 9.92. The summed E-state index contributed by atoms with van der Waals surface area (Å²) in [6, 6.07) is -0.306. The Kier molecular flexibility index (Phi) is 3.58. The maximum absolute atomic E-state index is 13.2. The molecule has 1 saturated heterocycles. The van der Waals surface area contributed by atoms with Crippen molar-refractivity contribution in [1.29, 1.82) is 0 Å². The molecule has 0 spiro atoms. The minimum Gasteiger partial charge on any atom is -0.444 e. The highest BCUT2D eigenvalue weighted by Gasteiger charge is 2.35. The summed E-state index contributed by atoms with van der Waals surface area (Å²) in [6.45, 7) is 7.54. The van der Waals surface area contributed by atoms with Crippen molar-refractivity contribution >= 4 is 6.09 Å². The topological polar surface area (TPSA) is 29.5 Å². The Hall–Kier alpha value is -0.800. The normalized spacial score (nSPS) is 24.1. The van der Waals surface area contributed by atoms with Gasteiger partial charge in [-0.25, -0.2) is 9.18 Å². The lowest BCUT2D eigenvalue weighted by Gasteiger charge is -2.29. The first-order valence-electron chi connectivity index (χ1n) is 5.45. The van der Waals surface area contributed by atoms with E-state index in [1.807, 2.05) is 20.8 Å². The van der Waals surface area contributed by atoms with Gasteiger partial charge in [-0.3, -0.25) is 0 Å². The number of amides is 1. The summed E-state index contributed by atoms with van der Waals surface area (Å²) in [5.74, 6) is 0. The van der Waals surface area contributed by atoms with Crippen molar-refractivity contribution in [1.82, 2.24) is 4.90 Å². The number of hydrogen-bond acceptors (Lipinski definition) is 2. The second-order valence-electron chi connectivity index (χ2n) is 5.06. The van der Waals surface area contributed by atoms with Gasteiger partial charge in [0.05, 0.1) is 6.04 Å². The standard InChI is InChI=1S/C11H20FNO2/c1-8(12)9-6-5-7-13(9)10(14)15-11(2,3)4/h8-9H,5-7H2,1-4H3/t8-,9?/m1/s1. The zero-order valence-corrected chi connectivity index (χ0v) is 9.92. The van der Waals surface area contributed by atoms with Gasteiger partial charge in [0.25, 0.3) is 0 Å². The van der Waals surface area contributed by atoms with Gasteiger partial charge in [-0.1, -0.05) is 0 Å². The average molecular weight is 217 g/mol. The lowest BCUT2D eigenvalue weighted by molar-refractivity contribution is 0.0161. The zero-order chi connectivity index (χ0) is 11.6. The van der Waals surface area contributed by atoms with Crippen LogP contribution >= 0.6 is 0 Å². The molecule has 2 atom stereocenters. The number of carbonyl (C=O) groups is 1. The molecule has 4 heteroatoms. The van der Waals surface area contributed by atoms with E-state index >= 15 is 0 Å². The molecule has 0 aliphatic carbocycles. The van der Waals surface area contributed by atoms with Crippen molar-refractivity contribution in [2.75, 3.05) is 6.54 Å². The Morgan fingerprint density at radius 2 is 2.13 bits per heavy atom. The Bertz CT molecular complexity index is 235. The molecule has 0 radical (unpaired) electrons. The van der Waals surface area contributed by atoms with E-state index in [0.717, 1.165) is 12.8 Å². The van der Waals surface area contributed by atoms with Gasteiger partial charge in [0.2, 0.25) is 0 Å². The Labute approximate surface area is 90.6 Å². The minimum absolute atomic E-state index is 0.306. The van der Waals surface area contributed by atoms with Crippen LogP contribution in [0.1, 0.15) is 40.5 Å². The maximum Gasteiger partial charge on any atom is 0.410 e. The van der Waals surface area contributed by atoms with E-state index < -0.39 is 17.9 Å². The first-order valence-corrected chi connectivity index (χ1v) is 5.45. The summed E-state index contributed by atoms with van der Waals surface area (Å²) in [5, 5.41) is 0. The van der Waals surface area contributed by atoms with Crippen LogP contribution in [0, 0.1) is 0 Å². The lowest BCUT2D eigenvalue weighted by atomic mass is 10.1. The van der Waals surface area contributed by atoms with E-state index in [2.05, 4.69) is 0 Å². The molecule has 3 nitrogen and oxygen atoms in total. The highest BCUT2D eigenvalue weighted by Crippen LogP contribution is 2.24. The van der Waals surface area contributed by atoms with Crippen LogP contribution in [0.5, 0.6) is 0 Å². The molecule has 15 heavy (non-hydrogen) atoms. The van der Waals surface area contributed by atoms with Gasteiger partial charge < -0.3 is 9.64 Å². The second kappa shape index (κ2) is 4.37. The van der Waals surface area contributed by atoms with E-state index in [9.17, 15) is 9.18 Å². The third kappa shape index (κ3) is 3.36. The highest BCUT2D eigenvalue weighted by molar-refractivity contribution is 5.69. The van der Waals surface area contributed by atoms with Crippen molar-refractivity contribution in [3.63, 3.8) is 0 Å². The van der Waals surface area contributed by atoms with Crippen molar-refractivity contribution in [3.8, 4) is 0 Å². The maximum atomic E-state index is 13.2. The molecule has 0 aromatic rings. The largest absolute Gasteiger partial charge is 0.444 e. The molecule has 0 aromatic carbocycles. The molecule has 1 heterocycles. The van der Waals surface area contributed by atoms with Crippen molar-refractivity contribution in [2.45, 2.75) is 58.4 Å². The molecule has 0 N–H and O–H groups in total. The fourth-order valence-corrected chi connectivity index (χ4v) is 1.82. The molecule has 1 fully saturated rings. The highest BCUT2D eigenvalue weighted by atomic mass is 19.1. The monoisotopic (exact) mass is 217 g/mol. The average Bonchev–Trinajstić information content (AvgIpc) is 2.47. The summed E-state index contributed by atoms with van der Waals surface area (Å²) in [4.78, 5) is 13.2. The number of alkyl halides is 1. The number of carbonyl (C=O) groups excluding carboxylic acids is 1. The number of likely N-dealkylation sites (tertiary alicyclic amines) is 1. The fourth-order valence-electron chi connectivity index (χ4n) is 1.82. The molecule has 88 valence electrons. The molecule has 1 amide bonds. The second-order valence-corrected chi connectivity index (χ2v) is 5.06. The summed E-state index contributed by atoms with van der Waals surface area (Å²) in [7, 11) is 0. The number of nitrogens with zero attached hydrogens (tertiary/aromatic N) is 1.